The zero-order valence-electron chi connectivity index (χ0n) is 18.0. The van der Waals surface area contributed by atoms with Gasteiger partial charge in [-0.05, 0) is 31.5 Å². The number of hydrogen-bond donors (Lipinski definition) is 3. The Morgan fingerprint density at radius 2 is 2.09 bits per heavy atom. The van der Waals surface area contributed by atoms with E-state index in [1.807, 2.05) is 29.2 Å². The molecule has 170 valence electrons. The summed E-state index contributed by atoms with van der Waals surface area (Å²) in [6, 6.07) is 7.92. The molecule has 1 aliphatic heterocycles. The maximum absolute atomic E-state index is 14.2. The number of rotatable bonds is 2. The van der Waals surface area contributed by atoms with Gasteiger partial charge in [0.2, 0.25) is 0 Å². The number of aromatic amines is 2. The number of piperazine rings is 1. The van der Waals surface area contributed by atoms with E-state index >= 15 is 0 Å². The average Bonchev–Trinajstić information content (AvgIpc) is 3.14. The Bertz CT molecular complexity index is 1220. The Balaban J connectivity index is 0.00000216. The first-order valence-electron chi connectivity index (χ1n) is 10.9. The van der Waals surface area contributed by atoms with Crippen molar-refractivity contribution in [2.75, 3.05) is 19.6 Å². The van der Waals surface area contributed by atoms with Crippen LogP contribution >= 0.6 is 12.4 Å². The van der Waals surface area contributed by atoms with Crippen LogP contribution in [0.1, 0.15) is 35.5 Å². The minimum Gasteiger partial charge on any atom is -0.353 e. The van der Waals surface area contributed by atoms with Crippen molar-refractivity contribution in [1.29, 1.82) is 0 Å². The monoisotopic (exact) mass is 461 g/mol. The highest BCUT2D eigenvalue weighted by atomic mass is 35.5. The fraction of sp³-hybridized carbons (Fsp3) is 0.478. The van der Waals surface area contributed by atoms with E-state index in [1.54, 1.807) is 6.92 Å². The zero-order chi connectivity index (χ0) is 21.5. The van der Waals surface area contributed by atoms with Crippen molar-refractivity contribution in [3.05, 3.63) is 41.1 Å². The summed E-state index contributed by atoms with van der Waals surface area (Å²) in [6.07, 6.45) is 0.667. The number of nitrogens with zero attached hydrogens (tertiary/aromatic N) is 2. The number of benzene rings is 1. The molecule has 0 radical (unpaired) electrons. The highest BCUT2D eigenvalue weighted by molar-refractivity contribution is 5.99. The molecule has 3 aliphatic rings. The van der Waals surface area contributed by atoms with Crippen molar-refractivity contribution < 1.29 is 13.6 Å². The molecule has 2 aromatic heterocycles. The minimum absolute atomic E-state index is 0. The van der Waals surface area contributed by atoms with Crippen LogP contribution in [0.3, 0.4) is 0 Å². The molecule has 3 N–H and O–H groups in total. The molecule has 2 fully saturated rings. The van der Waals surface area contributed by atoms with Crippen LogP contribution in [-0.2, 0) is 12.8 Å². The van der Waals surface area contributed by atoms with E-state index in [1.165, 1.54) is 0 Å². The number of fused-ring (bicyclic) bond motifs is 3. The van der Waals surface area contributed by atoms with Crippen LogP contribution in [0.5, 0.6) is 0 Å². The summed E-state index contributed by atoms with van der Waals surface area (Å²) in [7, 11) is 0. The number of alkyl halides is 2. The lowest BCUT2D eigenvalue weighted by Crippen LogP contribution is -2.51. The standard InChI is InChI=1S/C23H25F2N5O.ClH/c1-12-11-30(6-5-26-12)21(31)14-4-3-13-7-17(27-16(13)8-14)20-15-9-19-22(2,23(19,24)25)10-18(15)28-29-20;/h3-4,7-8,12,19,26-27H,5-6,9-11H2,1-2H3,(H,28,29);1H/t12-,19+,22-;/m1./s1. The second kappa shape index (κ2) is 7.02. The first kappa shape index (κ1) is 21.4. The quantitative estimate of drug-likeness (QED) is 0.543. The van der Waals surface area contributed by atoms with Gasteiger partial charge in [0.1, 0.15) is 5.69 Å². The predicted octanol–water partition coefficient (Wildman–Crippen LogP) is 3.78. The number of aromatic nitrogens is 3. The minimum atomic E-state index is -2.61. The lowest BCUT2D eigenvalue weighted by atomic mass is 9.87. The van der Waals surface area contributed by atoms with E-state index in [4.69, 9.17) is 0 Å². The molecule has 1 aromatic carbocycles. The normalized spacial score (nSPS) is 28.1. The molecule has 32 heavy (non-hydrogen) atoms. The molecule has 3 aromatic rings. The third kappa shape index (κ3) is 2.92. The Morgan fingerprint density at radius 1 is 1.28 bits per heavy atom. The van der Waals surface area contributed by atoms with Gasteiger partial charge in [-0.1, -0.05) is 13.0 Å². The molecule has 3 atom stereocenters. The summed E-state index contributed by atoms with van der Waals surface area (Å²) in [5.41, 5.74) is 3.75. The van der Waals surface area contributed by atoms with E-state index in [2.05, 4.69) is 27.4 Å². The van der Waals surface area contributed by atoms with Gasteiger partial charge in [-0.3, -0.25) is 9.89 Å². The third-order valence-corrected chi connectivity index (χ3v) is 7.57. The van der Waals surface area contributed by atoms with E-state index in [0.717, 1.165) is 34.4 Å². The highest BCUT2D eigenvalue weighted by Crippen LogP contribution is 2.70. The molecule has 6 rings (SSSR count). The fourth-order valence-electron chi connectivity index (χ4n) is 5.52. The first-order chi connectivity index (χ1) is 14.8. The smallest absolute Gasteiger partial charge is 0.258 e. The number of hydrogen-bond acceptors (Lipinski definition) is 3. The first-order valence-corrected chi connectivity index (χ1v) is 10.9. The van der Waals surface area contributed by atoms with Crippen molar-refractivity contribution >= 4 is 29.2 Å². The van der Waals surface area contributed by atoms with Crippen molar-refractivity contribution in [2.24, 2.45) is 11.3 Å². The second-order valence-electron chi connectivity index (χ2n) is 9.59. The van der Waals surface area contributed by atoms with Gasteiger partial charge in [0.25, 0.3) is 11.8 Å². The summed E-state index contributed by atoms with van der Waals surface area (Å²) < 4.78 is 28.5. The van der Waals surface area contributed by atoms with Crippen LogP contribution in [0.2, 0.25) is 0 Å². The number of halogens is 3. The van der Waals surface area contributed by atoms with E-state index in [-0.39, 0.29) is 24.4 Å². The number of H-pyrrole nitrogens is 2. The van der Waals surface area contributed by atoms with Crippen molar-refractivity contribution in [3.8, 4) is 11.4 Å². The number of nitrogens with one attached hydrogen (secondary N) is 3. The molecule has 2 aliphatic carbocycles. The molecule has 1 amide bonds. The molecule has 0 spiro atoms. The Morgan fingerprint density at radius 3 is 2.88 bits per heavy atom. The Hall–Kier alpha value is -2.45. The van der Waals surface area contributed by atoms with Crippen molar-refractivity contribution in [3.63, 3.8) is 0 Å². The Kier molecular flexibility index (Phi) is 4.70. The molecular formula is C23H26ClF2N5O. The van der Waals surface area contributed by atoms with Gasteiger partial charge in [-0.25, -0.2) is 8.78 Å². The van der Waals surface area contributed by atoms with Gasteiger partial charge in [-0.2, -0.15) is 5.10 Å². The Labute approximate surface area is 190 Å². The zero-order valence-corrected chi connectivity index (χ0v) is 18.8. The van der Waals surface area contributed by atoms with Gasteiger partial charge < -0.3 is 15.2 Å². The molecule has 0 bridgehead atoms. The number of carbonyl (C=O) groups is 1. The molecular weight excluding hydrogens is 436 g/mol. The second-order valence-corrected chi connectivity index (χ2v) is 9.59. The summed E-state index contributed by atoms with van der Waals surface area (Å²) in [6.45, 7) is 5.93. The maximum atomic E-state index is 14.2. The lowest BCUT2D eigenvalue weighted by molar-refractivity contribution is 0.0631. The van der Waals surface area contributed by atoms with Gasteiger partial charge in [0.05, 0.1) is 5.69 Å². The summed E-state index contributed by atoms with van der Waals surface area (Å²) in [4.78, 5) is 18.2. The van der Waals surface area contributed by atoms with E-state index in [0.29, 0.717) is 37.2 Å². The highest BCUT2D eigenvalue weighted by Gasteiger charge is 2.78. The number of amides is 1. The largest absolute Gasteiger partial charge is 0.353 e. The van der Waals surface area contributed by atoms with Gasteiger partial charge in [0, 0.05) is 71.2 Å². The van der Waals surface area contributed by atoms with Gasteiger partial charge in [0.15, 0.2) is 0 Å². The van der Waals surface area contributed by atoms with Crippen LogP contribution in [0.15, 0.2) is 24.3 Å². The summed E-state index contributed by atoms with van der Waals surface area (Å²) in [5.74, 6) is -3.20. The summed E-state index contributed by atoms with van der Waals surface area (Å²) >= 11 is 0. The maximum Gasteiger partial charge on any atom is 0.258 e. The molecule has 9 heteroatoms. The predicted molar refractivity (Wildman–Crippen MR) is 120 cm³/mol. The van der Waals surface area contributed by atoms with Gasteiger partial charge >= 0.3 is 0 Å². The number of carbonyl (C=O) groups excluding carboxylic acids is 1. The summed E-state index contributed by atoms with van der Waals surface area (Å²) in [5, 5.41) is 11.8. The molecule has 6 nitrogen and oxygen atoms in total. The van der Waals surface area contributed by atoms with E-state index in [9.17, 15) is 13.6 Å². The molecule has 3 heterocycles. The van der Waals surface area contributed by atoms with Crippen LogP contribution in [-0.4, -0.2) is 57.6 Å². The average molecular weight is 462 g/mol. The topological polar surface area (TPSA) is 76.8 Å². The van der Waals surface area contributed by atoms with Crippen LogP contribution < -0.4 is 5.32 Å². The lowest BCUT2D eigenvalue weighted by Gasteiger charge is -2.32. The SMILES string of the molecule is C[C@@H]1CN(C(=O)c2ccc3cc(-c4n[nH]c5c4C[C@@H]4C(F)(F)[C@]4(C)C5)[nH]c3c2)CCN1.Cl. The van der Waals surface area contributed by atoms with Crippen molar-refractivity contribution in [1.82, 2.24) is 25.4 Å². The third-order valence-electron chi connectivity index (χ3n) is 7.57. The molecule has 1 saturated carbocycles. The van der Waals surface area contributed by atoms with Gasteiger partial charge in [-0.15, -0.1) is 12.4 Å². The molecule has 1 saturated heterocycles. The van der Waals surface area contributed by atoms with Crippen LogP contribution in [0.25, 0.3) is 22.3 Å². The molecule has 0 unspecified atom stereocenters. The van der Waals surface area contributed by atoms with Crippen LogP contribution in [0.4, 0.5) is 8.78 Å². The fourth-order valence-corrected chi connectivity index (χ4v) is 5.52. The van der Waals surface area contributed by atoms with E-state index < -0.39 is 17.3 Å². The van der Waals surface area contributed by atoms with Crippen LogP contribution in [0, 0.1) is 11.3 Å². The van der Waals surface area contributed by atoms with Crippen molar-refractivity contribution in [2.45, 2.75) is 38.7 Å².